The van der Waals surface area contributed by atoms with Crippen molar-refractivity contribution in [2.24, 2.45) is 5.73 Å². The van der Waals surface area contributed by atoms with Crippen LogP contribution in [0.2, 0.25) is 5.02 Å². The smallest absolute Gasteiger partial charge is 0.325 e. The highest BCUT2D eigenvalue weighted by Gasteiger charge is 2.74. The second-order valence-electron chi connectivity index (χ2n) is 6.05. The molecule has 0 amide bonds. The first-order chi connectivity index (χ1) is 11.2. The molecule has 24 heavy (non-hydrogen) atoms. The Bertz CT molecular complexity index is 910. The van der Waals surface area contributed by atoms with Crippen molar-refractivity contribution in [1.29, 1.82) is 0 Å². The predicted molar refractivity (Wildman–Crippen MR) is 90.9 cm³/mol. The normalized spacial score (nSPS) is 26.1. The van der Waals surface area contributed by atoms with Crippen LogP contribution in [0.5, 0.6) is 0 Å². The van der Waals surface area contributed by atoms with Gasteiger partial charge in [-0.3, -0.25) is 4.79 Å². The average Bonchev–Trinajstić information content (AvgIpc) is 3.17. The van der Waals surface area contributed by atoms with Gasteiger partial charge in [0.1, 0.15) is 10.8 Å². The standard InChI is InChI=1S/C17H16ClNO4S/c1-10-5-7-13(8-6-10)24(22,23)15-14(17(15,19)16(20)21)11-3-2-4-12(18)9-11/h2-9,14-15H,19H2,1H3,(H,20,21)/t14-,15-,17-/m1/s1. The lowest BCUT2D eigenvalue weighted by Crippen LogP contribution is -2.39. The lowest BCUT2D eigenvalue weighted by molar-refractivity contribution is -0.139. The second-order valence-corrected chi connectivity index (χ2v) is 8.56. The maximum atomic E-state index is 12.9. The first-order valence-corrected chi connectivity index (χ1v) is 9.19. The molecule has 3 rings (SSSR count). The fourth-order valence-corrected chi connectivity index (χ4v) is 5.52. The highest BCUT2D eigenvalue weighted by atomic mass is 35.5. The molecule has 0 aromatic heterocycles. The van der Waals surface area contributed by atoms with E-state index in [9.17, 15) is 18.3 Å². The molecule has 2 aromatic carbocycles. The van der Waals surface area contributed by atoms with Crippen LogP contribution in [0.1, 0.15) is 17.0 Å². The third-order valence-electron chi connectivity index (χ3n) is 4.44. The van der Waals surface area contributed by atoms with Crippen LogP contribution in [-0.2, 0) is 14.6 Å². The summed E-state index contributed by atoms with van der Waals surface area (Å²) in [5, 5.41) is 8.68. The minimum Gasteiger partial charge on any atom is -0.480 e. The number of carbonyl (C=O) groups is 1. The maximum absolute atomic E-state index is 12.9. The van der Waals surface area contributed by atoms with E-state index in [1.54, 1.807) is 36.4 Å². The molecule has 1 aliphatic rings. The summed E-state index contributed by atoms with van der Waals surface area (Å²) in [7, 11) is -3.89. The number of benzene rings is 2. The minimum absolute atomic E-state index is 0.0682. The van der Waals surface area contributed by atoms with Crippen molar-refractivity contribution in [1.82, 2.24) is 0 Å². The molecule has 0 radical (unpaired) electrons. The average molecular weight is 366 g/mol. The number of carboxylic acids is 1. The molecule has 0 spiro atoms. The van der Waals surface area contributed by atoms with E-state index in [0.717, 1.165) is 5.56 Å². The Balaban J connectivity index is 2.08. The van der Waals surface area contributed by atoms with Crippen LogP contribution in [0.15, 0.2) is 53.4 Å². The molecule has 0 unspecified atom stereocenters. The summed E-state index contributed by atoms with van der Waals surface area (Å²) in [6, 6.07) is 12.8. The van der Waals surface area contributed by atoms with Gasteiger partial charge in [0.05, 0.1) is 4.90 Å². The number of rotatable bonds is 4. The Hall–Kier alpha value is -1.89. The van der Waals surface area contributed by atoms with Gasteiger partial charge in [-0.1, -0.05) is 41.4 Å². The van der Waals surface area contributed by atoms with E-state index in [0.29, 0.717) is 10.6 Å². The van der Waals surface area contributed by atoms with Crippen molar-refractivity contribution < 1.29 is 18.3 Å². The van der Waals surface area contributed by atoms with Gasteiger partial charge in [0, 0.05) is 10.9 Å². The molecule has 1 fully saturated rings. The van der Waals surface area contributed by atoms with Crippen LogP contribution >= 0.6 is 11.6 Å². The van der Waals surface area contributed by atoms with Gasteiger partial charge in [-0.2, -0.15) is 0 Å². The van der Waals surface area contributed by atoms with Gasteiger partial charge in [-0.25, -0.2) is 8.42 Å². The van der Waals surface area contributed by atoms with Crippen molar-refractivity contribution in [3.8, 4) is 0 Å². The van der Waals surface area contributed by atoms with Crippen LogP contribution in [0.25, 0.3) is 0 Å². The van der Waals surface area contributed by atoms with Gasteiger partial charge in [0.2, 0.25) is 0 Å². The van der Waals surface area contributed by atoms with Crippen LogP contribution < -0.4 is 5.73 Å². The monoisotopic (exact) mass is 365 g/mol. The van der Waals surface area contributed by atoms with Gasteiger partial charge < -0.3 is 10.8 Å². The summed E-state index contributed by atoms with van der Waals surface area (Å²) in [4.78, 5) is 11.7. The molecule has 126 valence electrons. The molecule has 0 bridgehead atoms. The number of aryl methyl sites for hydroxylation is 1. The predicted octanol–water partition coefficient (Wildman–Crippen LogP) is 2.37. The lowest BCUT2D eigenvalue weighted by Gasteiger charge is -2.07. The number of hydrogen-bond acceptors (Lipinski definition) is 4. The molecule has 0 aliphatic heterocycles. The summed E-state index contributed by atoms with van der Waals surface area (Å²) in [5.41, 5.74) is 5.54. The number of nitrogens with two attached hydrogens (primary N) is 1. The SMILES string of the molecule is Cc1ccc(S(=O)(=O)[C@@H]2[C@@H](c3cccc(Cl)c3)[C@]2(N)C(=O)O)cc1. The quantitative estimate of drug-likeness (QED) is 0.866. The molecule has 1 aliphatic carbocycles. The first-order valence-electron chi connectivity index (χ1n) is 7.27. The van der Waals surface area contributed by atoms with Crippen LogP contribution in [0.3, 0.4) is 0 Å². The van der Waals surface area contributed by atoms with E-state index in [4.69, 9.17) is 17.3 Å². The molecule has 5 nitrogen and oxygen atoms in total. The molecule has 0 heterocycles. The zero-order valence-electron chi connectivity index (χ0n) is 12.8. The van der Waals surface area contributed by atoms with Crippen LogP contribution in [-0.4, -0.2) is 30.3 Å². The maximum Gasteiger partial charge on any atom is 0.325 e. The summed E-state index contributed by atoms with van der Waals surface area (Å²) < 4.78 is 25.8. The molecule has 7 heteroatoms. The Labute approximate surface area is 145 Å². The summed E-state index contributed by atoms with van der Waals surface area (Å²) in [5.74, 6) is -2.19. The summed E-state index contributed by atoms with van der Waals surface area (Å²) >= 11 is 5.95. The molecule has 2 aromatic rings. The Morgan fingerprint density at radius 2 is 1.83 bits per heavy atom. The fraction of sp³-hybridized carbons (Fsp3) is 0.235. The number of carboxylic acid groups (broad SMARTS) is 1. The molecule has 3 atom stereocenters. The second kappa shape index (κ2) is 5.58. The minimum atomic E-state index is -3.89. The number of sulfone groups is 1. The van der Waals surface area contributed by atoms with E-state index in [1.165, 1.54) is 12.1 Å². The largest absolute Gasteiger partial charge is 0.480 e. The molecular weight excluding hydrogens is 350 g/mol. The van der Waals surface area contributed by atoms with E-state index in [1.807, 2.05) is 6.92 Å². The fourth-order valence-electron chi connectivity index (χ4n) is 3.09. The lowest BCUT2D eigenvalue weighted by atomic mass is 10.1. The molecule has 3 N–H and O–H groups in total. The van der Waals surface area contributed by atoms with Crippen molar-refractivity contribution in [2.75, 3.05) is 0 Å². The zero-order chi connectivity index (χ0) is 17.7. The number of halogens is 1. The summed E-state index contributed by atoms with van der Waals surface area (Å²) in [6.07, 6.45) is 0. The van der Waals surface area contributed by atoms with E-state index in [-0.39, 0.29) is 4.90 Å². The van der Waals surface area contributed by atoms with E-state index >= 15 is 0 Å². The van der Waals surface area contributed by atoms with Crippen LogP contribution in [0.4, 0.5) is 0 Å². The van der Waals surface area contributed by atoms with Crippen LogP contribution in [0, 0.1) is 6.92 Å². The Morgan fingerprint density at radius 1 is 1.21 bits per heavy atom. The zero-order valence-corrected chi connectivity index (χ0v) is 14.4. The molecular formula is C17H16ClNO4S. The van der Waals surface area contributed by atoms with Gasteiger partial charge in [0.25, 0.3) is 0 Å². The third kappa shape index (κ3) is 2.51. The highest BCUT2D eigenvalue weighted by Crippen LogP contribution is 2.56. The first kappa shape index (κ1) is 17.0. The van der Waals surface area contributed by atoms with Gasteiger partial charge in [0.15, 0.2) is 9.84 Å². The van der Waals surface area contributed by atoms with Crippen molar-refractivity contribution in [3.63, 3.8) is 0 Å². The summed E-state index contributed by atoms with van der Waals surface area (Å²) in [6.45, 7) is 1.84. The topological polar surface area (TPSA) is 97.5 Å². The highest BCUT2D eigenvalue weighted by molar-refractivity contribution is 7.92. The Morgan fingerprint density at radius 3 is 2.38 bits per heavy atom. The van der Waals surface area contributed by atoms with Gasteiger partial charge >= 0.3 is 5.97 Å². The van der Waals surface area contributed by atoms with Crippen molar-refractivity contribution >= 4 is 27.4 Å². The van der Waals surface area contributed by atoms with Crippen molar-refractivity contribution in [2.45, 2.75) is 28.5 Å². The number of hydrogen-bond donors (Lipinski definition) is 2. The number of aliphatic carboxylic acids is 1. The van der Waals surface area contributed by atoms with E-state index in [2.05, 4.69) is 0 Å². The third-order valence-corrected chi connectivity index (χ3v) is 6.94. The van der Waals surface area contributed by atoms with Crippen molar-refractivity contribution in [3.05, 3.63) is 64.7 Å². The van der Waals surface area contributed by atoms with E-state index < -0.39 is 32.5 Å². The van der Waals surface area contributed by atoms with Gasteiger partial charge in [-0.05, 0) is 36.8 Å². The molecule has 0 saturated heterocycles. The Kier molecular flexibility index (Phi) is 3.94. The molecule has 1 saturated carbocycles. The van der Waals surface area contributed by atoms with Gasteiger partial charge in [-0.15, -0.1) is 0 Å².